The van der Waals surface area contributed by atoms with Crippen molar-refractivity contribution >= 4 is 11.8 Å². The molecule has 0 spiro atoms. The molecule has 0 radical (unpaired) electrons. The van der Waals surface area contributed by atoms with E-state index in [0.29, 0.717) is 0 Å². The second kappa shape index (κ2) is 7.94. The summed E-state index contributed by atoms with van der Waals surface area (Å²) in [5.41, 5.74) is 9.11. The molecule has 0 bridgehead atoms. The third-order valence-electron chi connectivity index (χ3n) is 3.19. The van der Waals surface area contributed by atoms with Gasteiger partial charge in [-0.3, -0.25) is 0 Å². The lowest BCUT2D eigenvalue weighted by Crippen LogP contribution is -1.92. The van der Waals surface area contributed by atoms with E-state index in [1.807, 2.05) is 12.1 Å². The third-order valence-corrected chi connectivity index (χ3v) is 3.19. The SMILES string of the molecule is C=Cc1cc(CCCCCCCC)ccc1N. The molecule has 0 saturated heterocycles. The zero-order valence-electron chi connectivity index (χ0n) is 11.0. The molecule has 0 aliphatic rings. The summed E-state index contributed by atoms with van der Waals surface area (Å²) in [5, 5.41) is 0. The van der Waals surface area contributed by atoms with Gasteiger partial charge >= 0.3 is 0 Å². The standard InChI is InChI=1S/C16H25N/c1-3-5-6-7-8-9-10-14-11-12-16(17)15(4-2)13-14/h4,11-13H,2-3,5-10,17H2,1H3. The van der Waals surface area contributed by atoms with Crippen LogP contribution in [0.25, 0.3) is 6.08 Å². The van der Waals surface area contributed by atoms with Crippen molar-refractivity contribution in [2.24, 2.45) is 0 Å². The first-order chi connectivity index (χ1) is 8.27. The Morgan fingerprint density at radius 1 is 1.12 bits per heavy atom. The minimum Gasteiger partial charge on any atom is -0.398 e. The molecule has 1 aromatic rings. The predicted molar refractivity (Wildman–Crippen MR) is 78.0 cm³/mol. The Bertz CT molecular complexity index is 341. The molecule has 0 fully saturated rings. The molecule has 1 aromatic carbocycles. The molecular weight excluding hydrogens is 206 g/mol. The molecule has 0 atom stereocenters. The maximum Gasteiger partial charge on any atom is 0.0387 e. The van der Waals surface area contributed by atoms with Crippen LogP contribution in [0.3, 0.4) is 0 Å². The summed E-state index contributed by atoms with van der Waals surface area (Å²) in [4.78, 5) is 0. The minimum absolute atomic E-state index is 0.826. The molecule has 0 aromatic heterocycles. The van der Waals surface area contributed by atoms with Crippen molar-refractivity contribution in [1.29, 1.82) is 0 Å². The molecule has 94 valence electrons. The van der Waals surface area contributed by atoms with Crippen LogP contribution < -0.4 is 5.73 Å². The van der Waals surface area contributed by atoms with Crippen LogP contribution in [0, 0.1) is 0 Å². The van der Waals surface area contributed by atoms with E-state index in [1.54, 1.807) is 0 Å². The Balaban J connectivity index is 2.29. The summed E-state index contributed by atoms with van der Waals surface area (Å²) in [6, 6.07) is 6.28. The van der Waals surface area contributed by atoms with Gasteiger partial charge < -0.3 is 5.73 Å². The van der Waals surface area contributed by atoms with Crippen molar-refractivity contribution in [2.75, 3.05) is 5.73 Å². The molecule has 1 heteroatoms. The van der Waals surface area contributed by atoms with Crippen molar-refractivity contribution in [3.63, 3.8) is 0 Å². The van der Waals surface area contributed by atoms with E-state index >= 15 is 0 Å². The van der Waals surface area contributed by atoms with Crippen LogP contribution in [0.1, 0.15) is 56.6 Å². The summed E-state index contributed by atoms with van der Waals surface area (Å²) in [6.45, 7) is 6.04. The summed E-state index contributed by atoms with van der Waals surface area (Å²) in [7, 11) is 0. The van der Waals surface area contributed by atoms with Crippen LogP contribution in [0.5, 0.6) is 0 Å². The molecular formula is C16H25N. The van der Waals surface area contributed by atoms with Gasteiger partial charge in [-0.25, -0.2) is 0 Å². The second-order valence-corrected chi connectivity index (χ2v) is 4.69. The topological polar surface area (TPSA) is 26.0 Å². The largest absolute Gasteiger partial charge is 0.398 e. The van der Waals surface area contributed by atoms with E-state index in [9.17, 15) is 0 Å². The van der Waals surface area contributed by atoms with E-state index in [-0.39, 0.29) is 0 Å². The van der Waals surface area contributed by atoms with Crippen molar-refractivity contribution in [3.8, 4) is 0 Å². The van der Waals surface area contributed by atoms with Gasteiger partial charge in [-0.2, -0.15) is 0 Å². The summed E-state index contributed by atoms with van der Waals surface area (Å²) >= 11 is 0. The maximum absolute atomic E-state index is 5.84. The van der Waals surface area contributed by atoms with Gasteiger partial charge in [0.25, 0.3) is 0 Å². The average Bonchev–Trinajstić information content (AvgIpc) is 2.35. The highest BCUT2D eigenvalue weighted by atomic mass is 14.5. The molecule has 1 nitrogen and oxygen atoms in total. The maximum atomic E-state index is 5.84. The predicted octanol–water partition coefficient (Wildman–Crippen LogP) is 4.81. The van der Waals surface area contributed by atoms with Crippen LogP contribution in [-0.4, -0.2) is 0 Å². The average molecular weight is 231 g/mol. The number of hydrogen-bond donors (Lipinski definition) is 1. The highest BCUT2D eigenvalue weighted by molar-refractivity contribution is 5.64. The number of anilines is 1. The van der Waals surface area contributed by atoms with Gasteiger partial charge in [-0.15, -0.1) is 0 Å². The lowest BCUT2D eigenvalue weighted by Gasteiger charge is -2.05. The molecule has 0 aliphatic carbocycles. The molecule has 0 amide bonds. The number of aryl methyl sites for hydroxylation is 1. The van der Waals surface area contributed by atoms with Gasteiger partial charge in [0.05, 0.1) is 0 Å². The smallest absolute Gasteiger partial charge is 0.0387 e. The number of unbranched alkanes of at least 4 members (excludes halogenated alkanes) is 5. The molecule has 0 aliphatic heterocycles. The van der Waals surface area contributed by atoms with Gasteiger partial charge in [-0.05, 0) is 36.1 Å². The Labute approximate surface area is 106 Å². The number of nitrogen functional groups attached to an aromatic ring is 1. The van der Waals surface area contributed by atoms with Crippen LogP contribution in [0.2, 0.25) is 0 Å². The normalized spacial score (nSPS) is 10.4. The first kappa shape index (κ1) is 13.8. The monoisotopic (exact) mass is 231 g/mol. The molecule has 2 N–H and O–H groups in total. The van der Waals surface area contributed by atoms with Crippen LogP contribution in [0.15, 0.2) is 24.8 Å². The zero-order valence-corrected chi connectivity index (χ0v) is 11.0. The van der Waals surface area contributed by atoms with E-state index in [2.05, 4.69) is 25.6 Å². The van der Waals surface area contributed by atoms with E-state index in [0.717, 1.165) is 17.7 Å². The lowest BCUT2D eigenvalue weighted by molar-refractivity contribution is 0.607. The second-order valence-electron chi connectivity index (χ2n) is 4.69. The van der Waals surface area contributed by atoms with Crippen LogP contribution in [-0.2, 0) is 6.42 Å². The zero-order chi connectivity index (χ0) is 12.5. The lowest BCUT2D eigenvalue weighted by atomic mass is 10.0. The van der Waals surface area contributed by atoms with Gasteiger partial charge in [0.2, 0.25) is 0 Å². The number of rotatable bonds is 8. The van der Waals surface area contributed by atoms with E-state index in [1.165, 1.54) is 44.1 Å². The Morgan fingerprint density at radius 2 is 1.82 bits per heavy atom. The van der Waals surface area contributed by atoms with Crippen molar-refractivity contribution < 1.29 is 0 Å². The number of benzene rings is 1. The summed E-state index contributed by atoms with van der Waals surface area (Å²) < 4.78 is 0. The van der Waals surface area contributed by atoms with Crippen LogP contribution >= 0.6 is 0 Å². The highest BCUT2D eigenvalue weighted by Gasteiger charge is 1.98. The highest BCUT2D eigenvalue weighted by Crippen LogP contribution is 2.17. The quantitative estimate of drug-likeness (QED) is 0.504. The Morgan fingerprint density at radius 3 is 2.53 bits per heavy atom. The van der Waals surface area contributed by atoms with Crippen molar-refractivity contribution in [1.82, 2.24) is 0 Å². The fraction of sp³-hybridized carbons (Fsp3) is 0.500. The molecule has 1 rings (SSSR count). The molecule has 17 heavy (non-hydrogen) atoms. The van der Waals surface area contributed by atoms with E-state index in [4.69, 9.17) is 5.73 Å². The fourth-order valence-corrected chi connectivity index (χ4v) is 2.07. The van der Waals surface area contributed by atoms with Crippen LogP contribution in [0.4, 0.5) is 5.69 Å². The van der Waals surface area contributed by atoms with Gasteiger partial charge in [0.1, 0.15) is 0 Å². The number of nitrogens with two attached hydrogens (primary N) is 1. The molecule has 0 heterocycles. The minimum atomic E-state index is 0.826. The first-order valence-corrected chi connectivity index (χ1v) is 6.78. The number of hydrogen-bond acceptors (Lipinski definition) is 1. The molecule has 0 saturated carbocycles. The fourth-order valence-electron chi connectivity index (χ4n) is 2.07. The van der Waals surface area contributed by atoms with E-state index < -0.39 is 0 Å². The van der Waals surface area contributed by atoms with Crippen molar-refractivity contribution in [2.45, 2.75) is 51.9 Å². The molecule has 0 unspecified atom stereocenters. The first-order valence-electron chi connectivity index (χ1n) is 6.78. The Kier molecular flexibility index (Phi) is 6.46. The van der Waals surface area contributed by atoms with Crippen molar-refractivity contribution in [3.05, 3.63) is 35.9 Å². The van der Waals surface area contributed by atoms with Gasteiger partial charge in [0, 0.05) is 5.69 Å². The third kappa shape index (κ3) is 5.08. The van der Waals surface area contributed by atoms with Gasteiger partial charge in [0.15, 0.2) is 0 Å². The van der Waals surface area contributed by atoms with Gasteiger partial charge in [-0.1, -0.05) is 57.7 Å². The summed E-state index contributed by atoms with van der Waals surface area (Å²) in [5.74, 6) is 0. The Hall–Kier alpha value is -1.24. The summed E-state index contributed by atoms with van der Waals surface area (Å²) in [6.07, 6.45) is 11.1.